The van der Waals surface area contributed by atoms with Gasteiger partial charge >= 0.3 is 11.9 Å². The molecule has 2 heterocycles. The molecule has 0 saturated heterocycles. The van der Waals surface area contributed by atoms with E-state index in [-0.39, 0.29) is 17.9 Å². The van der Waals surface area contributed by atoms with Gasteiger partial charge in [0.05, 0.1) is 24.8 Å². The van der Waals surface area contributed by atoms with Gasteiger partial charge in [-0.05, 0) is 19.9 Å². The number of hydrogen-bond donors (Lipinski definition) is 0. The summed E-state index contributed by atoms with van der Waals surface area (Å²) in [6.07, 6.45) is 1.91. The van der Waals surface area contributed by atoms with Crippen molar-refractivity contribution in [2.75, 3.05) is 13.7 Å². The van der Waals surface area contributed by atoms with Gasteiger partial charge in [-0.2, -0.15) is 5.10 Å². The van der Waals surface area contributed by atoms with Gasteiger partial charge in [0.1, 0.15) is 5.00 Å². The molecule has 0 aromatic carbocycles. The highest BCUT2D eigenvalue weighted by atomic mass is 32.1. The van der Waals surface area contributed by atoms with Gasteiger partial charge in [-0.15, -0.1) is 11.3 Å². The standard InChI is InChI=1S/C14H14N2O5S/c1-4-21-14(19)11-9(7-17)6-16(15-11)12-10(13(18)20-3)5-8(2)22-12/h5-7H,4H2,1-3H3. The number of ether oxygens (including phenoxy) is 2. The second kappa shape index (κ2) is 6.52. The fraction of sp³-hybridized carbons (Fsp3) is 0.286. The SMILES string of the molecule is CCOC(=O)c1nn(-c2sc(C)cc2C(=O)OC)cc1C=O. The van der Waals surface area contributed by atoms with Gasteiger partial charge in [-0.25, -0.2) is 14.3 Å². The molecule has 0 N–H and O–H groups in total. The minimum absolute atomic E-state index is 0.0845. The molecule has 7 nitrogen and oxygen atoms in total. The quantitative estimate of drug-likeness (QED) is 0.618. The maximum Gasteiger partial charge on any atom is 0.359 e. The number of carbonyl (C=O) groups is 3. The van der Waals surface area contributed by atoms with Crippen molar-refractivity contribution in [2.45, 2.75) is 13.8 Å². The molecular formula is C14H14N2O5S. The topological polar surface area (TPSA) is 87.5 Å². The molecule has 8 heteroatoms. The van der Waals surface area contributed by atoms with Crippen LogP contribution in [0.15, 0.2) is 12.3 Å². The van der Waals surface area contributed by atoms with Crippen molar-refractivity contribution in [3.8, 4) is 5.00 Å². The molecule has 0 aliphatic heterocycles. The Morgan fingerprint density at radius 3 is 2.73 bits per heavy atom. The van der Waals surface area contributed by atoms with E-state index in [0.29, 0.717) is 16.9 Å². The molecule has 2 rings (SSSR count). The zero-order valence-electron chi connectivity index (χ0n) is 12.3. The van der Waals surface area contributed by atoms with E-state index in [1.54, 1.807) is 13.0 Å². The minimum atomic E-state index is -0.684. The number of thiophene rings is 1. The maximum absolute atomic E-state index is 11.8. The molecule has 0 radical (unpaired) electrons. The number of esters is 2. The van der Waals surface area contributed by atoms with Crippen molar-refractivity contribution < 1.29 is 23.9 Å². The first kappa shape index (κ1) is 15.9. The van der Waals surface area contributed by atoms with Gasteiger partial charge < -0.3 is 9.47 Å². The molecule has 2 aromatic heterocycles. The van der Waals surface area contributed by atoms with Crippen LogP contribution < -0.4 is 0 Å². The van der Waals surface area contributed by atoms with E-state index in [1.807, 2.05) is 6.92 Å². The number of rotatable bonds is 5. The van der Waals surface area contributed by atoms with E-state index in [2.05, 4.69) is 5.10 Å². The summed E-state index contributed by atoms with van der Waals surface area (Å²) in [4.78, 5) is 35.6. The van der Waals surface area contributed by atoms with Crippen molar-refractivity contribution in [1.29, 1.82) is 0 Å². The monoisotopic (exact) mass is 322 g/mol. The van der Waals surface area contributed by atoms with Crippen molar-refractivity contribution in [2.24, 2.45) is 0 Å². The Labute approximate surface area is 130 Å². The Hall–Kier alpha value is -2.48. The lowest BCUT2D eigenvalue weighted by Gasteiger charge is -2.01. The van der Waals surface area contributed by atoms with Crippen molar-refractivity contribution in [3.05, 3.63) is 34.0 Å². The molecule has 0 spiro atoms. The molecule has 0 amide bonds. The lowest BCUT2D eigenvalue weighted by Crippen LogP contribution is -2.09. The molecule has 2 aromatic rings. The molecule has 0 aliphatic carbocycles. The largest absolute Gasteiger partial charge is 0.465 e. The number of aldehydes is 1. The highest BCUT2D eigenvalue weighted by Gasteiger charge is 2.22. The van der Waals surface area contributed by atoms with E-state index in [9.17, 15) is 14.4 Å². The highest BCUT2D eigenvalue weighted by Crippen LogP contribution is 2.27. The molecular weight excluding hydrogens is 308 g/mol. The van der Waals surface area contributed by atoms with Crippen molar-refractivity contribution in [3.63, 3.8) is 0 Å². The Bertz CT molecular complexity index is 732. The van der Waals surface area contributed by atoms with Gasteiger partial charge in [-0.3, -0.25) is 4.79 Å². The van der Waals surface area contributed by atoms with Crippen molar-refractivity contribution >= 4 is 29.6 Å². The van der Waals surface area contributed by atoms with E-state index in [0.717, 1.165) is 4.88 Å². The lowest BCUT2D eigenvalue weighted by molar-refractivity contribution is 0.0516. The second-order valence-corrected chi connectivity index (χ2v) is 5.52. The van der Waals surface area contributed by atoms with Crippen LogP contribution in [0.2, 0.25) is 0 Å². The van der Waals surface area contributed by atoms with Crippen molar-refractivity contribution in [1.82, 2.24) is 9.78 Å². The van der Waals surface area contributed by atoms with E-state index in [4.69, 9.17) is 9.47 Å². The predicted octanol–water partition coefficient (Wildman–Crippen LogP) is 2.02. The fourth-order valence-corrected chi connectivity index (χ4v) is 2.78. The summed E-state index contributed by atoms with van der Waals surface area (Å²) in [5.74, 6) is -1.20. The number of aromatic nitrogens is 2. The maximum atomic E-state index is 11.8. The number of hydrogen-bond acceptors (Lipinski definition) is 7. The summed E-state index contributed by atoms with van der Waals surface area (Å²) in [7, 11) is 1.28. The van der Waals surface area contributed by atoms with Crippen LogP contribution >= 0.6 is 11.3 Å². The number of carbonyl (C=O) groups excluding carboxylic acids is 3. The Morgan fingerprint density at radius 1 is 1.41 bits per heavy atom. The first-order chi connectivity index (χ1) is 10.5. The predicted molar refractivity (Wildman–Crippen MR) is 78.9 cm³/mol. The summed E-state index contributed by atoms with van der Waals surface area (Å²) >= 11 is 1.30. The summed E-state index contributed by atoms with van der Waals surface area (Å²) in [6.45, 7) is 3.67. The average molecular weight is 322 g/mol. The Balaban J connectivity index is 2.52. The zero-order valence-corrected chi connectivity index (χ0v) is 13.1. The van der Waals surface area contributed by atoms with Gasteiger partial charge in [0, 0.05) is 11.1 Å². The smallest absolute Gasteiger partial charge is 0.359 e. The molecule has 0 aliphatic rings. The molecule has 22 heavy (non-hydrogen) atoms. The van der Waals surface area contributed by atoms with E-state index < -0.39 is 11.9 Å². The van der Waals surface area contributed by atoms with E-state index >= 15 is 0 Å². The minimum Gasteiger partial charge on any atom is -0.465 e. The van der Waals surface area contributed by atoms with Gasteiger partial charge in [0.2, 0.25) is 0 Å². The molecule has 0 saturated carbocycles. The first-order valence-corrected chi connectivity index (χ1v) is 7.24. The number of nitrogens with zero attached hydrogens (tertiary/aromatic N) is 2. The molecule has 0 fully saturated rings. The summed E-state index contributed by atoms with van der Waals surface area (Å²) in [5.41, 5.74) is 0.333. The lowest BCUT2D eigenvalue weighted by atomic mass is 10.3. The molecule has 116 valence electrons. The van der Waals surface area contributed by atoms with Gasteiger partial charge in [-0.1, -0.05) is 0 Å². The third kappa shape index (κ3) is 2.91. The van der Waals surface area contributed by atoms with Crippen LogP contribution in [-0.2, 0) is 9.47 Å². The third-order valence-electron chi connectivity index (χ3n) is 2.79. The summed E-state index contributed by atoms with van der Waals surface area (Å²) in [5, 5.41) is 4.55. The average Bonchev–Trinajstić information content (AvgIpc) is 3.09. The normalized spacial score (nSPS) is 10.3. The fourth-order valence-electron chi connectivity index (χ4n) is 1.86. The second-order valence-electron chi connectivity index (χ2n) is 4.28. The number of methoxy groups -OCH3 is 1. The van der Waals surface area contributed by atoms with Crippen LogP contribution in [0.3, 0.4) is 0 Å². The first-order valence-electron chi connectivity index (χ1n) is 6.42. The van der Waals surface area contributed by atoms with Crippen LogP contribution in [0.1, 0.15) is 43.0 Å². The van der Waals surface area contributed by atoms with Crippen LogP contribution in [0, 0.1) is 6.92 Å². The van der Waals surface area contributed by atoms with Gasteiger partial charge in [0.15, 0.2) is 12.0 Å². The molecule has 0 bridgehead atoms. The van der Waals surface area contributed by atoms with Crippen LogP contribution in [0.25, 0.3) is 5.00 Å². The van der Waals surface area contributed by atoms with E-state index in [1.165, 1.54) is 29.3 Å². The van der Waals surface area contributed by atoms with Crippen LogP contribution in [0.4, 0.5) is 0 Å². The molecule has 0 atom stereocenters. The molecule has 0 unspecified atom stereocenters. The number of aryl methyl sites for hydroxylation is 1. The third-order valence-corrected chi connectivity index (χ3v) is 3.83. The van der Waals surface area contributed by atoms with Crippen LogP contribution in [-0.4, -0.2) is 41.7 Å². The van der Waals surface area contributed by atoms with Gasteiger partial charge in [0.25, 0.3) is 0 Å². The summed E-state index contributed by atoms with van der Waals surface area (Å²) < 4.78 is 10.9. The Morgan fingerprint density at radius 2 is 2.14 bits per heavy atom. The highest BCUT2D eigenvalue weighted by molar-refractivity contribution is 7.14. The zero-order chi connectivity index (χ0) is 16.3. The Kier molecular flexibility index (Phi) is 4.71. The summed E-state index contributed by atoms with van der Waals surface area (Å²) in [6, 6.07) is 1.66. The van der Waals surface area contributed by atoms with Crippen LogP contribution in [0.5, 0.6) is 0 Å².